The first-order valence-corrected chi connectivity index (χ1v) is 13.1. The van der Waals surface area contributed by atoms with Crippen LogP contribution < -0.4 is 14.4 Å². The molecule has 5 rings (SSSR count). The van der Waals surface area contributed by atoms with Gasteiger partial charge < -0.3 is 29.5 Å². The molecule has 2 aliphatic rings. The van der Waals surface area contributed by atoms with Crippen LogP contribution in [0.25, 0.3) is 0 Å². The highest BCUT2D eigenvalue weighted by Crippen LogP contribution is 2.38. The van der Waals surface area contributed by atoms with Crippen molar-refractivity contribution in [2.24, 2.45) is 0 Å². The van der Waals surface area contributed by atoms with Gasteiger partial charge in [0.15, 0.2) is 0 Å². The number of carbonyl (C=O) groups is 3. The van der Waals surface area contributed by atoms with Crippen LogP contribution in [0.2, 0.25) is 0 Å². The van der Waals surface area contributed by atoms with Crippen LogP contribution in [0.5, 0.6) is 11.5 Å². The Labute approximate surface area is 239 Å². The van der Waals surface area contributed by atoms with Crippen LogP contribution in [-0.4, -0.2) is 71.9 Å². The SMILES string of the molecule is O=C(O)C(F)(F)F.O=C(O)CC1COc2cc(OCc3ccc(C(=O)N4CCN(c5ccccc5)CC4)cc3)ccc21. The lowest BCUT2D eigenvalue weighted by atomic mass is 9.98. The van der Waals surface area contributed by atoms with Crippen LogP contribution in [0.15, 0.2) is 72.8 Å². The number of hydrogen-bond donors (Lipinski definition) is 2. The molecule has 1 fully saturated rings. The smallest absolute Gasteiger partial charge is 0.490 e. The first-order valence-electron chi connectivity index (χ1n) is 13.1. The maximum absolute atomic E-state index is 13.0. The summed E-state index contributed by atoms with van der Waals surface area (Å²) in [6.07, 6.45) is -5.03. The van der Waals surface area contributed by atoms with Gasteiger partial charge in [0.05, 0.1) is 13.0 Å². The molecule has 2 aliphatic heterocycles. The third kappa shape index (κ3) is 7.93. The van der Waals surface area contributed by atoms with Crippen LogP contribution in [-0.2, 0) is 16.2 Å². The predicted molar refractivity (Wildman–Crippen MR) is 146 cm³/mol. The minimum atomic E-state index is -5.08. The van der Waals surface area contributed by atoms with E-state index in [-0.39, 0.29) is 18.2 Å². The van der Waals surface area contributed by atoms with Crippen LogP contribution in [0.3, 0.4) is 0 Å². The lowest BCUT2D eigenvalue weighted by Gasteiger charge is -2.36. The summed E-state index contributed by atoms with van der Waals surface area (Å²) in [6, 6.07) is 23.4. The summed E-state index contributed by atoms with van der Waals surface area (Å²) in [5.74, 6) is -2.31. The molecule has 2 heterocycles. The quantitative estimate of drug-likeness (QED) is 0.405. The molecule has 2 N–H and O–H groups in total. The van der Waals surface area contributed by atoms with E-state index in [0.717, 1.165) is 24.2 Å². The second kappa shape index (κ2) is 13.3. The minimum absolute atomic E-state index is 0.0527. The summed E-state index contributed by atoms with van der Waals surface area (Å²) in [7, 11) is 0. The van der Waals surface area contributed by atoms with Gasteiger partial charge in [-0.1, -0.05) is 36.4 Å². The number of benzene rings is 3. The molecule has 12 heteroatoms. The van der Waals surface area contributed by atoms with Gasteiger partial charge in [-0.15, -0.1) is 0 Å². The third-order valence-electron chi connectivity index (χ3n) is 6.82. The number of halogens is 3. The molecule has 3 aromatic carbocycles. The Balaban J connectivity index is 0.000000517. The van der Waals surface area contributed by atoms with Gasteiger partial charge in [0.2, 0.25) is 0 Å². The molecule has 3 aromatic rings. The largest absolute Gasteiger partial charge is 0.492 e. The van der Waals surface area contributed by atoms with Crippen molar-refractivity contribution in [3.63, 3.8) is 0 Å². The average molecular weight is 587 g/mol. The molecule has 1 atom stereocenters. The number of carboxylic acids is 2. The fraction of sp³-hybridized carbons (Fsp3) is 0.300. The molecule has 1 saturated heterocycles. The first-order chi connectivity index (χ1) is 20.0. The maximum atomic E-state index is 13.0. The number of ether oxygens (including phenoxy) is 2. The normalized spacial score (nSPS) is 16.0. The zero-order chi connectivity index (χ0) is 30.3. The molecule has 0 bridgehead atoms. The van der Waals surface area contributed by atoms with Gasteiger partial charge in [-0.05, 0) is 35.9 Å². The van der Waals surface area contributed by atoms with E-state index in [1.54, 1.807) is 0 Å². The fourth-order valence-electron chi connectivity index (χ4n) is 4.63. The Morgan fingerprint density at radius 2 is 1.55 bits per heavy atom. The van der Waals surface area contributed by atoms with Gasteiger partial charge in [-0.2, -0.15) is 13.2 Å². The summed E-state index contributed by atoms with van der Waals surface area (Å²) in [4.78, 5) is 37.1. The Hall–Kier alpha value is -4.74. The molecule has 222 valence electrons. The molecule has 0 spiro atoms. The lowest BCUT2D eigenvalue weighted by molar-refractivity contribution is -0.192. The highest BCUT2D eigenvalue weighted by molar-refractivity contribution is 5.94. The van der Waals surface area contributed by atoms with Crippen molar-refractivity contribution in [2.75, 3.05) is 37.7 Å². The number of para-hydroxylation sites is 1. The van der Waals surface area contributed by atoms with Crippen LogP contribution in [0, 0.1) is 0 Å². The van der Waals surface area contributed by atoms with Crippen molar-refractivity contribution in [1.29, 1.82) is 0 Å². The second-order valence-corrected chi connectivity index (χ2v) is 9.71. The van der Waals surface area contributed by atoms with Crippen molar-refractivity contribution in [3.8, 4) is 11.5 Å². The van der Waals surface area contributed by atoms with Gasteiger partial charge in [0.1, 0.15) is 18.1 Å². The van der Waals surface area contributed by atoms with Crippen molar-refractivity contribution in [2.45, 2.75) is 25.1 Å². The third-order valence-corrected chi connectivity index (χ3v) is 6.82. The predicted octanol–water partition coefficient (Wildman–Crippen LogP) is 4.81. The van der Waals surface area contributed by atoms with Crippen molar-refractivity contribution in [1.82, 2.24) is 4.90 Å². The number of carbonyl (C=O) groups excluding carboxylic acids is 1. The summed E-state index contributed by atoms with van der Waals surface area (Å²) in [5, 5.41) is 16.2. The van der Waals surface area contributed by atoms with Gasteiger partial charge in [-0.3, -0.25) is 9.59 Å². The van der Waals surface area contributed by atoms with Gasteiger partial charge >= 0.3 is 18.1 Å². The second-order valence-electron chi connectivity index (χ2n) is 9.71. The van der Waals surface area contributed by atoms with E-state index in [2.05, 4.69) is 17.0 Å². The molecule has 0 saturated carbocycles. The number of carboxylic acid groups (broad SMARTS) is 2. The zero-order valence-corrected chi connectivity index (χ0v) is 22.4. The molecule has 0 radical (unpaired) electrons. The van der Waals surface area contributed by atoms with E-state index in [4.69, 9.17) is 24.5 Å². The van der Waals surface area contributed by atoms with Crippen molar-refractivity contribution in [3.05, 3.63) is 89.5 Å². The van der Waals surface area contributed by atoms with E-state index in [0.29, 0.717) is 43.4 Å². The lowest BCUT2D eigenvalue weighted by Crippen LogP contribution is -2.48. The Morgan fingerprint density at radius 1 is 0.905 bits per heavy atom. The minimum Gasteiger partial charge on any atom is -0.492 e. The van der Waals surface area contributed by atoms with Gasteiger partial charge in [0.25, 0.3) is 5.91 Å². The highest BCUT2D eigenvalue weighted by Gasteiger charge is 2.38. The number of aliphatic carboxylic acids is 2. The number of nitrogens with zero attached hydrogens (tertiary/aromatic N) is 2. The summed E-state index contributed by atoms with van der Waals surface area (Å²) in [6.45, 7) is 3.79. The van der Waals surface area contributed by atoms with Crippen LogP contribution in [0.4, 0.5) is 18.9 Å². The van der Waals surface area contributed by atoms with Gasteiger partial charge in [-0.25, -0.2) is 4.79 Å². The van der Waals surface area contributed by atoms with Gasteiger partial charge in [0, 0.05) is 55.0 Å². The maximum Gasteiger partial charge on any atom is 0.490 e. The molecule has 1 unspecified atom stereocenters. The summed E-state index contributed by atoms with van der Waals surface area (Å²) < 4.78 is 43.3. The van der Waals surface area contributed by atoms with Crippen molar-refractivity contribution >= 4 is 23.5 Å². The van der Waals surface area contributed by atoms with Crippen LogP contribution in [0.1, 0.15) is 33.8 Å². The molecule has 0 aliphatic carbocycles. The molecule has 42 heavy (non-hydrogen) atoms. The standard InChI is InChI=1S/C28H28N2O5.C2HF3O2/c31-27(32)16-22-19-35-26-17-24(10-11-25(22)26)34-18-20-6-8-21(9-7-20)28(33)30-14-12-29(13-15-30)23-4-2-1-3-5-23;3-2(4,5)1(6)7/h1-11,17,22H,12-16,18-19H2,(H,31,32);(H,6,7). The van der Waals surface area contributed by atoms with E-state index in [9.17, 15) is 22.8 Å². The highest BCUT2D eigenvalue weighted by atomic mass is 19.4. The topological polar surface area (TPSA) is 117 Å². The Bertz CT molecular complexity index is 1390. The number of hydrogen-bond acceptors (Lipinski definition) is 6. The number of rotatable bonds is 7. The molecular formula is C30H29F3N2O7. The number of anilines is 1. The van der Waals surface area contributed by atoms with Crippen molar-refractivity contribution < 1.29 is 47.2 Å². The Morgan fingerprint density at radius 3 is 2.14 bits per heavy atom. The first kappa shape index (κ1) is 30.2. The van der Waals surface area contributed by atoms with E-state index >= 15 is 0 Å². The fourth-order valence-corrected chi connectivity index (χ4v) is 4.63. The van der Waals surface area contributed by atoms with E-state index in [1.165, 1.54) is 5.69 Å². The van der Waals surface area contributed by atoms with E-state index < -0.39 is 18.1 Å². The molecular weight excluding hydrogens is 557 g/mol. The summed E-state index contributed by atoms with van der Waals surface area (Å²) in [5.41, 5.74) is 3.74. The number of piperazine rings is 1. The molecule has 0 aromatic heterocycles. The summed E-state index contributed by atoms with van der Waals surface area (Å²) >= 11 is 0. The monoisotopic (exact) mass is 586 g/mol. The number of alkyl halides is 3. The zero-order valence-electron chi connectivity index (χ0n) is 22.4. The molecule has 9 nitrogen and oxygen atoms in total. The van der Waals surface area contributed by atoms with E-state index in [1.807, 2.05) is 65.6 Å². The molecule has 1 amide bonds. The Kier molecular flexibility index (Phi) is 9.56. The van der Waals surface area contributed by atoms with Crippen LogP contribution >= 0.6 is 0 Å². The average Bonchev–Trinajstić information content (AvgIpc) is 3.37. The number of fused-ring (bicyclic) bond motifs is 1. The number of amides is 1.